The smallest absolute Gasteiger partial charge is 0.323 e. The van der Waals surface area contributed by atoms with Gasteiger partial charge in [-0.05, 0) is 12.1 Å². The minimum atomic E-state index is -1.19. The summed E-state index contributed by atoms with van der Waals surface area (Å²) in [7, 11) is 1.18. The number of esters is 1. The number of ether oxygens (including phenoxy) is 1. The molecule has 0 aromatic heterocycles. The Hall–Kier alpha value is -1.49. The normalized spacial score (nSPS) is 13.3. The van der Waals surface area contributed by atoms with Gasteiger partial charge in [0, 0.05) is 11.0 Å². The van der Waals surface area contributed by atoms with Crippen LogP contribution in [0.1, 0.15) is 19.4 Å². The molecule has 0 saturated carbocycles. The van der Waals surface area contributed by atoms with Crippen LogP contribution in [0.4, 0.5) is 8.78 Å². The van der Waals surface area contributed by atoms with E-state index in [0.717, 1.165) is 12.1 Å². The molecule has 0 fully saturated rings. The molecule has 0 aliphatic heterocycles. The summed E-state index contributed by atoms with van der Waals surface area (Å²) in [4.78, 5) is 11.4. The molecular weight excluding hydrogens is 228 g/mol. The maximum absolute atomic E-state index is 13.6. The molecule has 0 bridgehead atoms. The predicted octanol–water partition coefficient (Wildman–Crippen LogP) is 1.74. The quantitative estimate of drug-likeness (QED) is 0.823. The highest BCUT2D eigenvalue weighted by atomic mass is 19.1. The third-order valence-corrected chi connectivity index (χ3v) is 2.84. The van der Waals surface area contributed by atoms with Gasteiger partial charge in [-0.1, -0.05) is 19.9 Å². The molecule has 0 heterocycles. The second kappa shape index (κ2) is 4.79. The lowest BCUT2D eigenvalue weighted by atomic mass is 9.77. The number of nitrogens with two attached hydrogens (primary N) is 1. The highest BCUT2D eigenvalue weighted by molar-refractivity contribution is 5.77. The average molecular weight is 243 g/mol. The fourth-order valence-electron chi connectivity index (χ4n) is 1.69. The van der Waals surface area contributed by atoms with Gasteiger partial charge in [-0.25, -0.2) is 8.78 Å². The standard InChI is InChI=1S/C12H15F2NO2/c1-12(2,10(15)11(16)17-3)9-7(13)5-4-6-8(9)14/h4-6,10H,15H2,1-3H3. The fraction of sp³-hybridized carbons (Fsp3) is 0.417. The van der Waals surface area contributed by atoms with Crippen LogP contribution >= 0.6 is 0 Å². The Kier molecular flexibility index (Phi) is 3.83. The molecule has 0 spiro atoms. The molecule has 2 N–H and O–H groups in total. The van der Waals surface area contributed by atoms with Gasteiger partial charge < -0.3 is 10.5 Å². The van der Waals surface area contributed by atoms with Gasteiger partial charge in [-0.15, -0.1) is 0 Å². The van der Waals surface area contributed by atoms with Crippen molar-refractivity contribution in [3.63, 3.8) is 0 Å². The number of halogens is 2. The van der Waals surface area contributed by atoms with E-state index in [9.17, 15) is 13.6 Å². The highest BCUT2D eigenvalue weighted by Crippen LogP contribution is 2.31. The van der Waals surface area contributed by atoms with E-state index >= 15 is 0 Å². The zero-order chi connectivity index (χ0) is 13.2. The Balaban J connectivity index is 3.25. The van der Waals surface area contributed by atoms with E-state index in [0.29, 0.717) is 0 Å². The molecule has 0 aliphatic rings. The van der Waals surface area contributed by atoms with Crippen molar-refractivity contribution >= 4 is 5.97 Å². The van der Waals surface area contributed by atoms with Gasteiger partial charge in [0.1, 0.15) is 17.7 Å². The molecular formula is C12H15F2NO2. The minimum Gasteiger partial charge on any atom is -0.468 e. The Bertz CT molecular complexity index is 412. The first-order valence-electron chi connectivity index (χ1n) is 5.10. The largest absolute Gasteiger partial charge is 0.468 e. The van der Waals surface area contributed by atoms with Gasteiger partial charge in [0.25, 0.3) is 0 Å². The van der Waals surface area contributed by atoms with Crippen LogP contribution in [0.3, 0.4) is 0 Å². The molecule has 3 nitrogen and oxygen atoms in total. The van der Waals surface area contributed by atoms with E-state index in [4.69, 9.17) is 5.73 Å². The molecule has 0 amide bonds. The summed E-state index contributed by atoms with van der Waals surface area (Å²) in [6.45, 7) is 2.99. The Morgan fingerprint density at radius 3 is 2.24 bits per heavy atom. The van der Waals surface area contributed by atoms with Crippen LogP contribution < -0.4 is 5.73 Å². The van der Waals surface area contributed by atoms with Gasteiger partial charge in [-0.3, -0.25) is 4.79 Å². The summed E-state index contributed by atoms with van der Waals surface area (Å²) in [6.07, 6.45) is 0. The molecule has 1 aromatic rings. The van der Waals surface area contributed by atoms with Crippen LogP contribution in [0, 0.1) is 11.6 Å². The Morgan fingerprint density at radius 2 is 1.82 bits per heavy atom. The molecule has 94 valence electrons. The predicted molar refractivity (Wildman–Crippen MR) is 59.4 cm³/mol. The number of benzene rings is 1. The van der Waals surface area contributed by atoms with Crippen LogP contribution in [-0.4, -0.2) is 19.1 Å². The summed E-state index contributed by atoms with van der Waals surface area (Å²) < 4.78 is 31.7. The van der Waals surface area contributed by atoms with Crippen molar-refractivity contribution in [3.8, 4) is 0 Å². The topological polar surface area (TPSA) is 52.3 Å². The van der Waals surface area contributed by atoms with Crippen molar-refractivity contribution < 1.29 is 18.3 Å². The summed E-state index contributed by atoms with van der Waals surface area (Å²) in [6, 6.07) is 2.38. The highest BCUT2D eigenvalue weighted by Gasteiger charge is 2.38. The molecule has 1 atom stereocenters. The monoisotopic (exact) mass is 243 g/mol. The zero-order valence-electron chi connectivity index (χ0n) is 9.96. The van der Waals surface area contributed by atoms with E-state index in [-0.39, 0.29) is 5.56 Å². The average Bonchev–Trinajstić information content (AvgIpc) is 2.26. The lowest BCUT2D eigenvalue weighted by Gasteiger charge is -2.30. The minimum absolute atomic E-state index is 0.210. The number of carbonyl (C=O) groups excluding carboxylic acids is 1. The van der Waals surface area contributed by atoms with Crippen molar-refractivity contribution in [1.82, 2.24) is 0 Å². The lowest BCUT2D eigenvalue weighted by molar-refractivity contribution is -0.143. The number of hydrogen-bond acceptors (Lipinski definition) is 3. The molecule has 0 radical (unpaired) electrons. The van der Waals surface area contributed by atoms with E-state index in [2.05, 4.69) is 4.74 Å². The van der Waals surface area contributed by atoms with E-state index in [1.165, 1.54) is 27.0 Å². The van der Waals surface area contributed by atoms with Gasteiger partial charge in [0.2, 0.25) is 0 Å². The van der Waals surface area contributed by atoms with Crippen molar-refractivity contribution in [3.05, 3.63) is 35.4 Å². The third kappa shape index (κ3) is 2.44. The van der Waals surface area contributed by atoms with Crippen LogP contribution in [0.25, 0.3) is 0 Å². The maximum Gasteiger partial charge on any atom is 0.323 e. The first-order valence-corrected chi connectivity index (χ1v) is 5.10. The molecule has 5 heteroatoms. The Morgan fingerprint density at radius 1 is 1.35 bits per heavy atom. The second-order valence-corrected chi connectivity index (χ2v) is 4.32. The summed E-state index contributed by atoms with van der Waals surface area (Å²) >= 11 is 0. The first kappa shape index (κ1) is 13.6. The summed E-state index contributed by atoms with van der Waals surface area (Å²) in [5, 5.41) is 0. The SMILES string of the molecule is COC(=O)C(N)C(C)(C)c1c(F)cccc1F. The van der Waals surface area contributed by atoms with Crippen LogP contribution in [0.5, 0.6) is 0 Å². The van der Waals surface area contributed by atoms with Crippen molar-refractivity contribution in [2.75, 3.05) is 7.11 Å². The zero-order valence-corrected chi connectivity index (χ0v) is 9.96. The maximum atomic E-state index is 13.6. The van der Waals surface area contributed by atoms with Crippen molar-refractivity contribution in [1.29, 1.82) is 0 Å². The molecule has 1 unspecified atom stereocenters. The number of carbonyl (C=O) groups is 1. The molecule has 0 aliphatic carbocycles. The molecule has 1 rings (SSSR count). The fourth-order valence-corrected chi connectivity index (χ4v) is 1.69. The number of hydrogen-bond donors (Lipinski definition) is 1. The first-order chi connectivity index (χ1) is 7.82. The van der Waals surface area contributed by atoms with Crippen LogP contribution in [-0.2, 0) is 14.9 Å². The summed E-state index contributed by atoms with van der Waals surface area (Å²) in [5.74, 6) is -2.17. The molecule has 17 heavy (non-hydrogen) atoms. The number of rotatable bonds is 3. The van der Waals surface area contributed by atoms with E-state index in [1.54, 1.807) is 0 Å². The molecule has 0 saturated heterocycles. The van der Waals surface area contributed by atoms with E-state index in [1.807, 2.05) is 0 Å². The van der Waals surface area contributed by atoms with E-state index < -0.39 is 29.1 Å². The second-order valence-electron chi connectivity index (χ2n) is 4.32. The summed E-state index contributed by atoms with van der Waals surface area (Å²) in [5.41, 5.74) is 4.27. The van der Waals surface area contributed by atoms with Crippen LogP contribution in [0.15, 0.2) is 18.2 Å². The van der Waals surface area contributed by atoms with Gasteiger partial charge in [0.05, 0.1) is 7.11 Å². The van der Waals surface area contributed by atoms with Gasteiger partial charge in [-0.2, -0.15) is 0 Å². The lowest BCUT2D eigenvalue weighted by Crippen LogP contribution is -2.48. The molecule has 1 aromatic carbocycles. The van der Waals surface area contributed by atoms with Gasteiger partial charge >= 0.3 is 5.97 Å². The van der Waals surface area contributed by atoms with Gasteiger partial charge in [0.15, 0.2) is 0 Å². The Labute approximate surface area is 98.6 Å². The number of methoxy groups -OCH3 is 1. The van der Waals surface area contributed by atoms with Crippen LogP contribution in [0.2, 0.25) is 0 Å². The van der Waals surface area contributed by atoms with Crippen molar-refractivity contribution in [2.45, 2.75) is 25.3 Å². The van der Waals surface area contributed by atoms with Crippen molar-refractivity contribution in [2.24, 2.45) is 5.73 Å². The third-order valence-electron chi connectivity index (χ3n) is 2.84.